The van der Waals surface area contributed by atoms with Gasteiger partial charge in [-0.25, -0.2) is 9.97 Å². The van der Waals surface area contributed by atoms with Crippen LogP contribution in [-0.4, -0.2) is 16.0 Å². The molecule has 2 rings (SSSR count). The van der Waals surface area contributed by atoms with Crippen LogP contribution in [0.1, 0.15) is 44.0 Å². The first-order valence-electron chi connectivity index (χ1n) is 6.20. The predicted octanol–water partition coefficient (Wildman–Crippen LogP) is 3.41. The van der Waals surface area contributed by atoms with Crippen molar-refractivity contribution in [1.82, 2.24) is 9.97 Å². The molecule has 1 fully saturated rings. The number of hydrogen-bond donors (Lipinski definition) is 1. The van der Waals surface area contributed by atoms with Gasteiger partial charge in [-0.1, -0.05) is 19.8 Å². The van der Waals surface area contributed by atoms with Crippen molar-refractivity contribution in [3.63, 3.8) is 0 Å². The molecule has 0 spiro atoms. The summed E-state index contributed by atoms with van der Waals surface area (Å²) in [5.74, 6) is 0.498. The maximum absolute atomic E-state index is 12.5. The molecule has 0 unspecified atom stereocenters. The lowest BCUT2D eigenvalue weighted by molar-refractivity contribution is -0.141. The molecular weight excluding hydrogens is 243 g/mol. The minimum absolute atomic E-state index is 0.321. The number of rotatable bonds is 3. The van der Waals surface area contributed by atoms with Crippen molar-refractivity contribution in [3.8, 4) is 0 Å². The van der Waals surface area contributed by atoms with Crippen LogP contribution in [0.2, 0.25) is 0 Å². The maximum atomic E-state index is 12.5. The summed E-state index contributed by atoms with van der Waals surface area (Å²) >= 11 is 0. The summed E-state index contributed by atoms with van der Waals surface area (Å²) in [6, 6.07) is 0.321. The van der Waals surface area contributed by atoms with E-state index in [0.29, 0.717) is 24.0 Å². The topological polar surface area (TPSA) is 37.8 Å². The molecule has 100 valence electrons. The fourth-order valence-corrected chi connectivity index (χ4v) is 2.19. The Morgan fingerprint density at radius 2 is 2.00 bits per heavy atom. The van der Waals surface area contributed by atoms with E-state index >= 15 is 0 Å². The summed E-state index contributed by atoms with van der Waals surface area (Å²) in [6.45, 7) is 1.78. The third-order valence-corrected chi connectivity index (χ3v) is 3.17. The monoisotopic (exact) mass is 259 g/mol. The van der Waals surface area contributed by atoms with Gasteiger partial charge in [0.15, 0.2) is 5.69 Å². The van der Waals surface area contributed by atoms with Crippen LogP contribution < -0.4 is 5.32 Å². The molecule has 0 amide bonds. The normalized spacial score (nSPS) is 17.1. The van der Waals surface area contributed by atoms with Crippen LogP contribution in [0.25, 0.3) is 0 Å². The van der Waals surface area contributed by atoms with E-state index in [4.69, 9.17) is 0 Å². The van der Waals surface area contributed by atoms with E-state index in [1.807, 2.05) is 0 Å². The predicted molar refractivity (Wildman–Crippen MR) is 62.3 cm³/mol. The van der Waals surface area contributed by atoms with E-state index in [-0.39, 0.29) is 0 Å². The van der Waals surface area contributed by atoms with Gasteiger partial charge in [0.05, 0.1) is 11.9 Å². The highest BCUT2D eigenvalue weighted by molar-refractivity contribution is 5.41. The van der Waals surface area contributed by atoms with E-state index in [1.54, 1.807) is 6.92 Å². The molecule has 6 heteroatoms. The lowest BCUT2D eigenvalue weighted by Gasteiger charge is -2.16. The fraction of sp³-hybridized carbons (Fsp3) is 0.667. The average Bonchev–Trinajstić information content (AvgIpc) is 2.81. The van der Waals surface area contributed by atoms with Gasteiger partial charge in [0.1, 0.15) is 5.82 Å². The van der Waals surface area contributed by atoms with Crippen molar-refractivity contribution in [3.05, 3.63) is 17.6 Å². The molecule has 0 atom stereocenters. The summed E-state index contributed by atoms with van der Waals surface area (Å²) in [6.07, 6.45) is 1.23. The highest BCUT2D eigenvalue weighted by Crippen LogP contribution is 2.29. The van der Waals surface area contributed by atoms with E-state index in [1.165, 1.54) is 0 Å². The number of halogens is 3. The van der Waals surface area contributed by atoms with Crippen LogP contribution in [-0.2, 0) is 12.6 Å². The lowest BCUT2D eigenvalue weighted by atomic mass is 10.2. The van der Waals surface area contributed by atoms with Gasteiger partial charge in [-0.2, -0.15) is 13.2 Å². The van der Waals surface area contributed by atoms with E-state index in [9.17, 15) is 13.2 Å². The second kappa shape index (κ2) is 5.12. The fourth-order valence-electron chi connectivity index (χ4n) is 2.19. The molecule has 1 saturated carbocycles. The number of anilines is 1. The Morgan fingerprint density at radius 3 is 2.56 bits per heavy atom. The zero-order valence-electron chi connectivity index (χ0n) is 10.2. The molecule has 0 aliphatic heterocycles. The van der Waals surface area contributed by atoms with Gasteiger partial charge in [-0.05, 0) is 19.3 Å². The van der Waals surface area contributed by atoms with Crippen LogP contribution in [0.5, 0.6) is 0 Å². The third-order valence-electron chi connectivity index (χ3n) is 3.17. The van der Waals surface area contributed by atoms with Gasteiger partial charge in [-0.3, -0.25) is 0 Å². The largest absolute Gasteiger partial charge is 0.434 e. The number of aromatic nitrogens is 2. The number of aryl methyl sites for hydroxylation is 1. The molecule has 0 aromatic carbocycles. The van der Waals surface area contributed by atoms with Crippen LogP contribution >= 0.6 is 0 Å². The molecule has 0 bridgehead atoms. The number of hydrogen-bond acceptors (Lipinski definition) is 3. The quantitative estimate of drug-likeness (QED) is 0.903. The molecule has 18 heavy (non-hydrogen) atoms. The summed E-state index contributed by atoms with van der Waals surface area (Å²) in [4.78, 5) is 7.54. The molecule has 1 aromatic rings. The molecule has 1 aromatic heterocycles. The first kappa shape index (κ1) is 13.1. The van der Waals surface area contributed by atoms with E-state index in [0.717, 1.165) is 31.9 Å². The SMILES string of the molecule is CCc1nc(C(F)(F)F)cnc1NC1CCCC1. The first-order valence-corrected chi connectivity index (χ1v) is 6.20. The minimum Gasteiger partial charge on any atom is -0.366 e. The Bertz CT molecular complexity index is 412. The van der Waals surface area contributed by atoms with E-state index < -0.39 is 11.9 Å². The zero-order chi connectivity index (χ0) is 13.2. The summed E-state index contributed by atoms with van der Waals surface area (Å²) in [5, 5.41) is 3.20. The minimum atomic E-state index is -4.43. The van der Waals surface area contributed by atoms with Crippen LogP contribution in [0, 0.1) is 0 Å². The average molecular weight is 259 g/mol. The van der Waals surface area contributed by atoms with Gasteiger partial charge in [-0.15, -0.1) is 0 Å². The van der Waals surface area contributed by atoms with Crippen molar-refractivity contribution in [1.29, 1.82) is 0 Å². The van der Waals surface area contributed by atoms with Crippen molar-refractivity contribution in [2.75, 3.05) is 5.32 Å². The molecule has 3 nitrogen and oxygen atoms in total. The first-order chi connectivity index (χ1) is 8.50. The second-order valence-corrected chi connectivity index (χ2v) is 4.53. The Labute approximate surface area is 104 Å². The molecule has 0 radical (unpaired) electrons. The highest BCUT2D eigenvalue weighted by Gasteiger charge is 2.33. The Hall–Kier alpha value is -1.33. The summed E-state index contributed by atoms with van der Waals surface area (Å²) in [5.41, 5.74) is -0.534. The van der Waals surface area contributed by atoms with Crippen molar-refractivity contribution in [2.45, 2.75) is 51.2 Å². The van der Waals surface area contributed by atoms with Crippen molar-refractivity contribution >= 4 is 5.82 Å². The lowest BCUT2D eigenvalue weighted by Crippen LogP contribution is -2.19. The van der Waals surface area contributed by atoms with Gasteiger partial charge in [0.2, 0.25) is 0 Å². The zero-order valence-corrected chi connectivity index (χ0v) is 10.2. The standard InChI is InChI=1S/C12H16F3N3/c1-2-9-11(17-8-5-3-4-6-8)16-7-10(18-9)12(13,14)15/h7-8H,2-6H2,1H3,(H,16,17). The highest BCUT2D eigenvalue weighted by atomic mass is 19.4. The molecule has 1 aliphatic carbocycles. The maximum Gasteiger partial charge on any atom is 0.434 e. The van der Waals surface area contributed by atoms with E-state index in [2.05, 4.69) is 15.3 Å². The molecular formula is C12H16F3N3. The second-order valence-electron chi connectivity index (χ2n) is 4.53. The third kappa shape index (κ3) is 2.91. The van der Waals surface area contributed by atoms with Gasteiger partial charge >= 0.3 is 6.18 Å². The summed E-state index contributed by atoms with van der Waals surface area (Å²) < 4.78 is 37.6. The molecule has 1 aliphatic rings. The Balaban J connectivity index is 2.20. The van der Waals surface area contributed by atoms with Crippen LogP contribution in [0.3, 0.4) is 0 Å². The molecule has 0 saturated heterocycles. The van der Waals surface area contributed by atoms with Crippen molar-refractivity contribution < 1.29 is 13.2 Å². The number of alkyl halides is 3. The van der Waals surface area contributed by atoms with Crippen LogP contribution in [0.4, 0.5) is 19.0 Å². The van der Waals surface area contributed by atoms with Crippen LogP contribution in [0.15, 0.2) is 6.20 Å². The van der Waals surface area contributed by atoms with Gasteiger partial charge in [0.25, 0.3) is 0 Å². The van der Waals surface area contributed by atoms with Gasteiger partial charge in [0, 0.05) is 6.04 Å². The number of nitrogens with one attached hydrogen (secondary N) is 1. The molecule has 1 heterocycles. The Kier molecular flexibility index (Phi) is 3.73. The number of nitrogens with zero attached hydrogens (tertiary/aromatic N) is 2. The smallest absolute Gasteiger partial charge is 0.366 e. The summed E-state index contributed by atoms with van der Waals surface area (Å²) in [7, 11) is 0. The van der Waals surface area contributed by atoms with Crippen molar-refractivity contribution in [2.24, 2.45) is 0 Å². The molecule has 1 N–H and O–H groups in total. The Morgan fingerprint density at radius 1 is 1.33 bits per heavy atom. The van der Waals surface area contributed by atoms with Gasteiger partial charge < -0.3 is 5.32 Å².